The third-order valence-corrected chi connectivity index (χ3v) is 4.83. The zero-order valence-electron chi connectivity index (χ0n) is 18.5. The quantitative estimate of drug-likeness (QED) is 0.485. The SMILES string of the molecule is CC(CNC(=O)OC(C)(C)C)NC(=O)c1c(-c2ccc3ccccc3c2)nc2occn12. The number of oxazole rings is 1. The first-order valence-corrected chi connectivity index (χ1v) is 10.4. The van der Waals surface area contributed by atoms with Crippen LogP contribution in [0.3, 0.4) is 0 Å². The van der Waals surface area contributed by atoms with Gasteiger partial charge in [-0.3, -0.25) is 9.20 Å². The van der Waals surface area contributed by atoms with E-state index in [1.807, 2.05) is 42.5 Å². The molecule has 0 fully saturated rings. The Morgan fingerprint density at radius 2 is 1.91 bits per heavy atom. The molecule has 4 rings (SSSR count). The molecule has 0 radical (unpaired) electrons. The van der Waals surface area contributed by atoms with Crippen LogP contribution in [0.25, 0.3) is 27.9 Å². The summed E-state index contributed by atoms with van der Waals surface area (Å²) in [6, 6.07) is 13.6. The number of carbonyl (C=O) groups is 2. The summed E-state index contributed by atoms with van der Waals surface area (Å²) in [4.78, 5) is 29.6. The Hall–Kier alpha value is -3.81. The van der Waals surface area contributed by atoms with E-state index in [1.165, 1.54) is 6.26 Å². The van der Waals surface area contributed by atoms with E-state index in [9.17, 15) is 9.59 Å². The highest BCUT2D eigenvalue weighted by atomic mass is 16.6. The van der Waals surface area contributed by atoms with Crippen LogP contribution in [0.15, 0.2) is 59.3 Å². The van der Waals surface area contributed by atoms with Crippen LogP contribution in [-0.4, -0.2) is 39.6 Å². The van der Waals surface area contributed by atoms with Crippen molar-refractivity contribution in [2.75, 3.05) is 6.54 Å². The van der Waals surface area contributed by atoms with Crippen LogP contribution in [0.4, 0.5) is 4.79 Å². The third kappa shape index (κ3) is 4.59. The molecule has 8 heteroatoms. The number of nitrogens with zero attached hydrogens (tertiary/aromatic N) is 2. The standard InChI is InChI=1S/C24H26N4O4/c1-15(14-25-23(30)32-24(2,3)4)26-21(29)20-19(27-22-28(20)11-12-31-22)18-10-9-16-7-5-6-8-17(16)13-18/h5-13,15H,14H2,1-4H3,(H,25,30)(H,26,29). The molecule has 1 unspecified atom stereocenters. The number of amides is 2. The fourth-order valence-electron chi connectivity index (χ4n) is 3.43. The second-order valence-electron chi connectivity index (χ2n) is 8.68. The number of carbonyl (C=O) groups excluding carboxylic acids is 2. The van der Waals surface area contributed by atoms with Crippen LogP contribution in [0.2, 0.25) is 0 Å². The highest BCUT2D eigenvalue weighted by molar-refractivity contribution is 6.00. The van der Waals surface area contributed by atoms with Gasteiger partial charge in [0.05, 0.1) is 0 Å². The van der Waals surface area contributed by atoms with E-state index < -0.39 is 11.7 Å². The Bertz CT molecular complexity index is 1280. The van der Waals surface area contributed by atoms with Crippen LogP contribution in [-0.2, 0) is 4.74 Å². The maximum Gasteiger partial charge on any atom is 0.407 e. The molecule has 2 heterocycles. The van der Waals surface area contributed by atoms with Gasteiger partial charge in [-0.1, -0.05) is 36.4 Å². The van der Waals surface area contributed by atoms with Crippen molar-refractivity contribution in [2.24, 2.45) is 0 Å². The van der Waals surface area contributed by atoms with E-state index in [0.717, 1.165) is 16.3 Å². The first kappa shape index (κ1) is 21.4. The first-order chi connectivity index (χ1) is 15.2. The molecule has 4 aromatic rings. The number of ether oxygens (including phenoxy) is 1. The smallest absolute Gasteiger partial charge is 0.407 e. The van der Waals surface area contributed by atoms with E-state index in [-0.39, 0.29) is 18.5 Å². The van der Waals surface area contributed by atoms with Gasteiger partial charge in [0, 0.05) is 24.3 Å². The van der Waals surface area contributed by atoms with Crippen LogP contribution < -0.4 is 10.6 Å². The van der Waals surface area contributed by atoms with Gasteiger partial charge < -0.3 is 19.8 Å². The number of rotatable bonds is 5. The number of aromatic nitrogens is 2. The summed E-state index contributed by atoms with van der Waals surface area (Å²) < 4.78 is 12.3. The van der Waals surface area contributed by atoms with Gasteiger partial charge in [-0.15, -0.1) is 0 Å². The summed E-state index contributed by atoms with van der Waals surface area (Å²) in [5.74, 6) is 0.0124. The summed E-state index contributed by atoms with van der Waals surface area (Å²) in [7, 11) is 0. The van der Waals surface area contributed by atoms with E-state index in [2.05, 4.69) is 15.6 Å². The number of hydrogen-bond acceptors (Lipinski definition) is 5. The van der Waals surface area contributed by atoms with Gasteiger partial charge in [0.15, 0.2) is 0 Å². The molecule has 0 saturated carbocycles. The molecule has 2 aromatic carbocycles. The van der Waals surface area contributed by atoms with Crippen molar-refractivity contribution in [3.8, 4) is 11.3 Å². The minimum Gasteiger partial charge on any atom is -0.444 e. The highest BCUT2D eigenvalue weighted by Gasteiger charge is 2.24. The number of benzene rings is 2. The number of fused-ring (bicyclic) bond motifs is 2. The molecule has 0 aliphatic heterocycles. The van der Waals surface area contributed by atoms with Crippen LogP contribution in [0.1, 0.15) is 38.2 Å². The van der Waals surface area contributed by atoms with Gasteiger partial charge in [0.25, 0.3) is 5.91 Å². The second kappa shape index (κ2) is 8.37. The average Bonchev–Trinajstić information content (AvgIpc) is 3.31. The Balaban J connectivity index is 1.56. The molecule has 2 aromatic heterocycles. The van der Waals surface area contributed by atoms with Gasteiger partial charge in [-0.25, -0.2) is 4.79 Å². The van der Waals surface area contributed by atoms with Crippen LogP contribution in [0, 0.1) is 0 Å². The summed E-state index contributed by atoms with van der Waals surface area (Å²) in [6.45, 7) is 7.41. The van der Waals surface area contributed by atoms with Crippen molar-refractivity contribution >= 4 is 28.6 Å². The fourth-order valence-corrected chi connectivity index (χ4v) is 3.43. The largest absolute Gasteiger partial charge is 0.444 e. The summed E-state index contributed by atoms with van der Waals surface area (Å²) in [6.07, 6.45) is 2.61. The maximum absolute atomic E-state index is 13.2. The molecular weight excluding hydrogens is 408 g/mol. The minimum absolute atomic E-state index is 0.222. The fraction of sp³-hybridized carbons (Fsp3) is 0.292. The summed E-state index contributed by atoms with van der Waals surface area (Å²) in [5, 5.41) is 7.74. The maximum atomic E-state index is 13.2. The topological polar surface area (TPSA) is 97.9 Å². The molecule has 2 N–H and O–H groups in total. The number of nitrogens with one attached hydrogen (secondary N) is 2. The predicted molar refractivity (Wildman–Crippen MR) is 122 cm³/mol. The summed E-state index contributed by atoms with van der Waals surface area (Å²) >= 11 is 0. The third-order valence-electron chi connectivity index (χ3n) is 4.83. The zero-order valence-corrected chi connectivity index (χ0v) is 18.5. The zero-order chi connectivity index (χ0) is 22.9. The van der Waals surface area contributed by atoms with E-state index in [0.29, 0.717) is 17.2 Å². The lowest BCUT2D eigenvalue weighted by atomic mass is 10.0. The Labute approximate surface area is 185 Å². The molecule has 0 aliphatic carbocycles. The lowest BCUT2D eigenvalue weighted by molar-refractivity contribution is 0.0521. The van der Waals surface area contributed by atoms with Crippen molar-refractivity contribution in [1.82, 2.24) is 20.0 Å². The second-order valence-corrected chi connectivity index (χ2v) is 8.68. The van der Waals surface area contributed by atoms with E-state index >= 15 is 0 Å². The van der Waals surface area contributed by atoms with Crippen molar-refractivity contribution < 1.29 is 18.7 Å². The van der Waals surface area contributed by atoms with Crippen molar-refractivity contribution in [2.45, 2.75) is 39.3 Å². The van der Waals surface area contributed by atoms with Gasteiger partial charge in [-0.2, -0.15) is 4.98 Å². The molecule has 32 heavy (non-hydrogen) atoms. The lowest BCUT2D eigenvalue weighted by Crippen LogP contribution is -2.43. The molecule has 0 aliphatic rings. The lowest BCUT2D eigenvalue weighted by Gasteiger charge is -2.21. The van der Waals surface area contributed by atoms with Crippen LogP contribution in [0.5, 0.6) is 0 Å². The van der Waals surface area contributed by atoms with Gasteiger partial charge in [0.2, 0.25) is 0 Å². The average molecular weight is 434 g/mol. The van der Waals surface area contributed by atoms with Crippen LogP contribution >= 0.6 is 0 Å². The normalized spacial score (nSPS) is 12.6. The molecule has 8 nitrogen and oxygen atoms in total. The molecule has 2 amide bonds. The highest BCUT2D eigenvalue weighted by Crippen LogP contribution is 2.28. The summed E-state index contributed by atoms with van der Waals surface area (Å²) in [5.41, 5.74) is 1.12. The Kier molecular flexibility index (Phi) is 5.61. The molecule has 0 saturated heterocycles. The predicted octanol–water partition coefficient (Wildman–Crippen LogP) is 4.39. The van der Waals surface area contributed by atoms with Gasteiger partial charge in [-0.05, 0) is 44.5 Å². The van der Waals surface area contributed by atoms with E-state index in [4.69, 9.17) is 9.15 Å². The van der Waals surface area contributed by atoms with E-state index in [1.54, 1.807) is 38.3 Å². The van der Waals surface area contributed by atoms with Gasteiger partial charge >= 0.3 is 11.9 Å². The van der Waals surface area contributed by atoms with Crippen molar-refractivity contribution in [3.63, 3.8) is 0 Å². The first-order valence-electron chi connectivity index (χ1n) is 10.4. The molecule has 0 spiro atoms. The Morgan fingerprint density at radius 3 is 2.66 bits per heavy atom. The monoisotopic (exact) mass is 434 g/mol. The minimum atomic E-state index is -0.587. The molecule has 0 bridgehead atoms. The van der Waals surface area contributed by atoms with Crippen molar-refractivity contribution in [3.05, 3.63) is 60.6 Å². The number of imidazole rings is 1. The molecule has 1 atom stereocenters. The number of alkyl carbamates (subject to hydrolysis) is 1. The molecular formula is C24H26N4O4. The molecule has 166 valence electrons. The number of hydrogen-bond donors (Lipinski definition) is 2. The Morgan fingerprint density at radius 1 is 1.16 bits per heavy atom. The van der Waals surface area contributed by atoms with Gasteiger partial charge in [0.1, 0.15) is 23.3 Å². The van der Waals surface area contributed by atoms with Crippen molar-refractivity contribution in [1.29, 1.82) is 0 Å².